The Balaban J connectivity index is 2.26. The van der Waals surface area contributed by atoms with Crippen LogP contribution in [-0.2, 0) is 17.8 Å². The van der Waals surface area contributed by atoms with E-state index in [1.165, 1.54) is 16.0 Å². The van der Waals surface area contributed by atoms with E-state index >= 15 is 0 Å². The number of amides is 1. The summed E-state index contributed by atoms with van der Waals surface area (Å²) in [7, 11) is 0. The molecule has 0 saturated carbocycles. The summed E-state index contributed by atoms with van der Waals surface area (Å²) in [5.41, 5.74) is 7.92. The van der Waals surface area contributed by atoms with Gasteiger partial charge < -0.3 is 20.1 Å². The molecule has 21 heavy (non-hydrogen) atoms. The molecule has 1 aromatic rings. The average molecular weight is 293 g/mol. The molecule has 116 valence electrons. The number of quaternary nitrogens is 1. The first-order valence-corrected chi connectivity index (χ1v) is 7.62. The molecule has 1 aliphatic heterocycles. The van der Waals surface area contributed by atoms with Crippen LogP contribution in [-0.4, -0.2) is 31.7 Å². The van der Waals surface area contributed by atoms with Crippen molar-refractivity contribution in [2.75, 3.05) is 19.8 Å². The van der Waals surface area contributed by atoms with Gasteiger partial charge in [-0.2, -0.15) is 0 Å². The third-order valence-electron chi connectivity index (χ3n) is 4.04. The van der Waals surface area contributed by atoms with Crippen LogP contribution >= 0.6 is 0 Å². The first-order chi connectivity index (χ1) is 10.1. The van der Waals surface area contributed by atoms with Crippen LogP contribution in [0, 0.1) is 0 Å². The van der Waals surface area contributed by atoms with E-state index in [0.29, 0.717) is 13.2 Å². The molecule has 0 aliphatic carbocycles. The maximum absolute atomic E-state index is 11.4. The van der Waals surface area contributed by atoms with Crippen LogP contribution in [0.5, 0.6) is 11.5 Å². The first kappa shape index (κ1) is 15.6. The maximum atomic E-state index is 11.4. The predicted octanol–water partition coefficient (Wildman–Crippen LogP) is 0.299. The van der Waals surface area contributed by atoms with Crippen LogP contribution in [0.3, 0.4) is 0 Å². The number of ether oxygens (including phenoxy) is 2. The van der Waals surface area contributed by atoms with Gasteiger partial charge in [-0.25, -0.2) is 0 Å². The van der Waals surface area contributed by atoms with Crippen LogP contribution in [0.4, 0.5) is 0 Å². The van der Waals surface area contributed by atoms with Crippen molar-refractivity contribution in [3.8, 4) is 11.5 Å². The van der Waals surface area contributed by atoms with Crippen LogP contribution in [0.15, 0.2) is 12.1 Å². The van der Waals surface area contributed by atoms with Crippen molar-refractivity contribution in [2.24, 2.45) is 5.73 Å². The molecule has 0 radical (unpaired) electrons. The molecular weight excluding hydrogens is 268 g/mol. The SMILES string of the molecule is CCOc1cc2c(cc1OCC)C[NH+]([C@@H](C)C(N)=O)CC2. The first-order valence-electron chi connectivity index (χ1n) is 7.62. The number of fused-ring (bicyclic) bond motifs is 1. The molecule has 1 aromatic carbocycles. The van der Waals surface area contributed by atoms with Gasteiger partial charge in [0.05, 0.1) is 19.8 Å². The summed E-state index contributed by atoms with van der Waals surface area (Å²) in [5.74, 6) is 1.35. The van der Waals surface area contributed by atoms with Crippen molar-refractivity contribution in [3.05, 3.63) is 23.3 Å². The molecule has 5 heteroatoms. The van der Waals surface area contributed by atoms with E-state index in [-0.39, 0.29) is 11.9 Å². The van der Waals surface area contributed by atoms with Crippen molar-refractivity contribution in [2.45, 2.75) is 39.8 Å². The highest BCUT2D eigenvalue weighted by Crippen LogP contribution is 2.32. The summed E-state index contributed by atoms with van der Waals surface area (Å²) in [4.78, 5) is 12.6. The Morgan fingerprint density at radius 2 is 1.81 bits per heavy atom. The van der Waals surface area contributed by atoms with Gasteiger partial charge in [0.1, 0.15) is 6.54 Å². The predicted molar refractivity (Wildman–Crippen MR) is 80.7 cm³/mol. The van der Waals surface area contributed by atoms with Crippen LogP contribution < -0.4 is 20.1 Å². The van der Waals surface area contributed by atoms with E-state index in [4.69, 9.17) is 15.2 Å². The van der Waals surface area contributed by atoms with E-state index < -0.39 is 0 Å². The number of rotatable bonds is 6. The molecule has 0 bridgehead atoms. The van der Waals surface area contributed by atoms with E-state index in [0.717, 1.165) is 31.0 Å². The Hall–Kier alpha value is -1.75. The van der Waals surface area contributed by atoms with Gasteiger partial charge in [-0.3, -0.25) is 4.79 Å². The third kappa shape index (κ3) is 3.47. The van der Waals surface area contributed by atoms with Gasteiger partial charge in [-0.15, -0.1) is 0 Å². The van der Waals surface area contributed by atoms with Gasteiger partial charge in [-0.1, -0.05) is 0 Å². The van der Waals surface area contributed by atoms with Gasteiger partial charge in [-0.05, 0) is 38.5 Å². The highest BCUT2D eigenvalue weighted by Gasteiger charge is 2.28. The van der Waals surface area contributed by atoms with E-state index in [1.54, 1.807) is 0 Å². The van der Waals surface area contributed by atoms with Crippen molar-refractivity contribution in [1.82, 2.24) is 0 Å². The summed E-state index contributed by atoms with van der Waals surface area (Å²) in [6, 6.07) is 3.96. The molecule has 2 rings (SSSR count). The standard InChI is InChI=1S/C16H24N2O3/c1-4-20-14-8-12-6-7-18(11(3)16(17)19)10-13(12)9-15(14)21-5-2/h8-9,11H,4-7,10H2,1-3H3,(H2,17,19)/p+1/t11-/m0/s1. The van der Waals surface area contributed by atoms with Crippen molar-refractivity contribution in [3.63, 3.8) is 0 Å². The Labute approximate surface area is 126 Å². The molecule has 1 amide bonds. The van der Waals surface area contributed by atoms with Crippen molar-refractivity contribution >= 4 is 5.91 Å². The molecule has 3 N–H and O–H groups in total. The molecule has 5 nitrogen and oxygen atoms in total. The number of nitrogens with two attached hydrogens (primary N) is 1. The summed E-state index contributed by atoms with van der Waals surface area (Å²) in [6.07, 6.45) is 0.925. The van der Waals surface area contributed by atoms with E-state index in [1.807, 2.05) is 20.8 Å². The lowest BCUT2D eigenvalue weighted by Crippen LogP contribution is -3.16. The number of nitrogens with one attached hydrogen (secondary N) is 1. The Morgan fingerprint density at radius 3 is 2.33 bits per heavy atom. The monoisotopic (exact) mass is 293 g/mol. The minimum atomic E-state index is -0.246. The summed E-state index contributed by atoms with van der Waals surface area (Å²) >= 11 is 0. The lowest BCUT2D eigenvalue weighted by atomic mass is 9.97. The fourth-order valence-corrected chi connectivity index (χ4v) is 2.78. The summed E-state index contributed by atoms with van der Waals surface area (Å²) in [5, 5.41) is 0. The van der Waals surface area contributed by atoms with Crippen LogP contribution in [0.2, 0.25) is 0 Å². The van der Waals surface area contributed by atoms with Gasteiger partial charge >= 0.3 is 0 Å². The highest BCUT2D eigenvalue weighted by molar-refractivity contribution is 5.77. The van der Waals surface area contributed by atoms with Crippen LogP contribution in [0.25, 0.3) is 0 Å². The van der Waals surface area contributed by atoms with Gasteiger partial charge in [0.25, 0.3) is 5.91 Å². The Bertz CT molecular complexity index is 516. The molecule has 1 heterocycles. The zero-order chi connectivity index (χ0) is 15.4. The Morgan fingerprint density at radius 1 is 1.24 bits per heavy atom. The maximum Gasteiger partial charge on any atom is 0.275 e. The Kier molecular flexibility index (Phi) is 5.07. The average Bonchev–Trinajstić information content (AvgIpc) is 2.47. The second kappa shape index (κ2) is 6.80. The molecule has 2 atom stereocenters. The molecule has 0 spiro atoms. The molecule has 1 aliphatic rings. The number of benzene rings is 1. The van der Waals surface area contributed by atoms with Crippen LogP contribution in [0.1, 0.15) is 31.9 Å². The summed E-state index contributed by atoms with van der Waals surface area (Å²) in [6.45, 7) is 8.75. The molecule has 1 unspecified atom stereocenters. The van der Waals surface area contributed by atoms with Gasteiger partial charge in [0.15, 0.2) is 17.5 Å². The van der Waals surface area contributed by atoms with Gasteiger partial charge in [0, 0.05) is 12.0 Å². The number of hydrogen-bond donors (Lipinski definition) is 2. The summed E-state index contributed by atoms with van der Waals surface area (Å²) < 4.78 is 11.3. The zero-order valence-electron chi connectivity index (χ0n) is 13.1. The van der Waals surface area contributed by atoms with Crippen molar-refractivity contribution in [1.29, 1.82) is 0 Å². The fourth-order valence-electron chi connectivity index (χ4n) is 2.78. The quantitative estimate of drug-likeness (QED) is 0.793. The molecular formula is C16H25N2O3+. The second-order valence-electron chi connectivity index (χ2n) is 5.39. The topological polar surface area (TPSA) is 66.0 Å². The van der Waals surface area contributed by atoms with E-state index in [9.17, 15) is 4.79 Å². The largest absolute Gasteiger partial charge is 0.490 e. The molecule has 0 fully saturated rings. The number of primary amides is 1. The minimum absolute atomic E-state index is 0.166. The smallest absolute Gasteiger partial charge is 0.275 e. The fraction of sp³-hybridized carbons (Fsp3) is 0.562. The minimum Gasteiger partial charge on any atom is -0.490 e. The molecule has 0 aromatic heterocycles. The van der Waals surface area contributed by atoms with Crippen molar-refractivity contribution < 1.29 is 19.2 Å². The highest BCUT2D eigenvalue weighted by atomic mass is 16.5. The second-order valence-corrected chi connectivity index (χ2v) is 5.39. The number of carbonyl (C=O) groups excluding carboxylic acids is 1. The number of hydrogen-bond acceptors (Lipinski definition) is 3. The van der Waals surface area contributed by atoms with E-state index in [2.05, 4.69) is 12.1 Å². The zero-order valence-corrected chi connectivity index (χ0v) is 13.1. The normalized spacial score (nSPS) is 18.7. The lowest BCUT2D eigenvalue weighted by molar-refractivity contribution is -0.929. The lowest BCUT2D eigenvalue weighted by Gasteiger charge is -2.30. The van der Waals surface area contributed by atoms with Gasteiger partial charge in [0.2, 0.25) is 0 Å². The number of carbonyl (C=O) groups is 1. The molecule has 0 saturated heterocycles. The third-order valence-corrected chi connectivity index (χ3v) is 4.04.